The molecule has 0 atom stereocenters. The Morgan fingerprint density at radius 1 is 0.756 bits per heavy atom. The maximum atomic E-state index is 12.8. The highest BCUT2D eigenvalue weighted by Crippen LogP contribution is 2.17. The van der Waals surface area contributed by atoms with Crippen LogP contribution < -0.4 is 20.1 Å². The van der Waals surface area contributed by atoms with Crippen molar-refractivity contribution in [1.29, 1.82) is 0 Å². The van der Waals surface area contributed by atoms with Gasteiger partial charge in [0, 0.05) is 18.3 Å². The van der Waals surface area contributed by atoms with Gasteiger partial charge in [-0.1, -0.05) is 48.5 Å². The summed E-state index contributed by atoms with van der Waals surface area (Å²) in [5.74, 6) is -1.98. The van der Waals surface area contributed by atoms with Gasteiger partial charge in [0.25, 0.3) is 27.7 Å². The van der Waals surface area contributed by atoms with Gasteiger partial charge in [0.15, 0.2) is 0 Å². The number of hydrogen-bond acceptors (Lipinski definition) is 9. The maximum absolute atomic E-state index is 12.8. The number of carbonyl (C=O) groups is 4. The number of methoxy groups -OCH3 is 1. The number of esters is 1. The first-order chi connectivity index (χ1) is 21.7. The number of pyridine rings is 1. The van der Waals surface area contributed by atoms with E-state index in [4.69, 9.17) is 9.47 Å². The van der Waals surface area contributed by atoms with Crippen LogP contribution in [0.5, 0.6) is 5.75 Å². The van der Waals surface area contributed by atoms with E-state index in [9.17, 15) is 27.6 Å². The van der Waals surface area contributed by atoms with E-state index in [1.807, 2.05) is 47.2 Å². The summed E-state index contributed by atoms with van der Waals surface area (Å²) >= 11 is 0. The molecule has 0 radical (unpaired) electrons. The average molecular weight is 631 g/mol. The SMILES string of the molecule is COc1ccccc1CCNC(=O)c1ccc(S(=O)(=O)NC(=O)c2ccc(C(=O)NCC(=O)OCc3ccccc3)nc2)cc1. The molecule has 3 amide bonds. The summed E-state index contributed by atoms with van der Waals surface area (Å²) < 4.78 is 37.9. The molecule has 0 saturated heterocycles. The summed E-state index contributed by atoms with van der Waals surface area (Å²) in [5.41, 5.74) is 1.75. The Bertz CT molecular complexity index is 1760. The molecule has 13 heteroatoms. The molecular formula is C32H30N4O8S. The van der Waals surface area contributed by atoms with Gasteiger partial charge in [0.05, 0.1) is 17.6 Å². The van der Waals surface area contributed by atoms with Crippen LogP contribution in [0, 0.1) is 0 Å². The van der Waals surface area contributed by atoms with Gasteiger partial charge in [0.2, 0.25) is 0 Å². The van der Waals surface area contributed by atoms with E-state index in [-0.39, 0.29) is 28.3 Å². The van der Waals surface area contributed by atoms with Gasteiger partial charge >= 0.3 is 5.97 Å². The molecule has 1 heterocycles. The number of nitrogens with one attached hydrogen (secondary N) is 3. The van der Waals surface area contributed by atoms with Crippen LogP contribution in [0.4, 0.5) is 0 Å². The molecule has 4 aromatic rings. The van der Waals surface area contributed by atoms with Gasteiger partial charge < -0.3 is 20.1 Å². The van der Waals surface area contributed by atoms with Crippen molar-refractivity contribution in [3.8, 4) is 5.75 Å². The standard InChI is InChI=1S/C32H30N4O8S/c1-43-28-10-6-5-9-23(28)17-18-33-30(38)24-11-14-26(15-12-24)45(41,42)36-31(39)25-13-16-27(34-19-25)32(40)35-20-29(37)44-21-22-7-3-2-4-8-22/h2-16,19H,17-18,20-21H2,1H3,(H,33,38)(H,35,40)(H,36,39). The molecule has 0 aliphatic carbocycles. The van der Waals surface area contributed by atoms with Crippen molar-refractivity contribution in [2.24, 2.45) is 0 Å². The second-order valence-corrected chi connectivity index (χ2v) is 11.2. The number of rotatable bonds is 13. The molecule has 4 rings (SSSR count). The Labute approximate surface area is 259 Å². The van der Waals surface area contributed by atoms with Gasteiger partial charge in [-0.05, 0) is 60.0 Å². The third kappa shape index (κ3) is 9.21. The smallest absolute Gasteiger partial charge is 0.325 e. The molecule has 0 spiro atoms. The predicted octanol–water partition coefficient (Wildman–Crippen LogP) is 2.65. The fourth-order valence-corrected chi connectivity index (χ4v) is 5.02. The Hall–Kier alpha value is -5.56. The van der Waals surface area contributed by atoms with Crippen molar-refractivity contribution in [2.45, 2.75) is 17.9 Å². The zero-order valence-electron chi connectivity index (χ0n) is 24.2. The maximum Gasteiger partial charge on any atom is 0.325 e. The van der Waals surface area contributed by atoms with Crippen LogP contribution in [0.1, 0.15) is 42.3 Å². The van der Waals surface area contributed by atoms with Crippen LogP contribution in [0.3, 0.4) is 0 Å². The van der Waals surface area contributed by atoms with Crippen molar-refractivity contribution in [3.63, 3.8) is 0 Å². The molecule has 0 fully saturated rings. The third-order valence-electron chi connectivity index (χ3n) is 6.42. The Morgan fingerprint density at radius 3 is 2.13 bits per heavy atom. The van der Waals surface area contributed by atoms with Gasteiger partial charge in [-0.3, -0.25) is 24.2 Å². The van der Waals surface area contributed by atoms with E-state index in [0.717, 1.165) is 23.1 Å². The molecule has 0 aliphatic heterocycles. The molecule has 0 unspecified atom stereocenters. The number of nitrogens with zero attached hydrogens (tertiary/aromatic N) is 1. The van der Waals surface area contributed by atoms with Crippen LogP contribution in [0.25, 0.3) is 0 Å². The number of ether oxygens (including phenoxy) is 2. The van der Waals surface area contributed by atoms with E-state index < -0.39 is 40.3 Å². The molecule has 3 aromatic carbocycles. The number of sulfonamides is 1. The lowest BCUT2D eigenvalue weighted by Gasteiger charge is -2.10. The summed E-state index contributed by atoms with van der Waals surface area (Å²) in [6.45, 7) is 0.00773. The molecule has 3 N–H and O–H groups in total. The number of hydrogen-bond donors (Lipinski definition) is 3. The lowest BCUT2D eigenvalue weighted by molar-refractivity contribution is -0.143. The molecule has 0 bridgehead atoms. The molecule has 1 aromatic heterocycles. The number of aromatic nitrogens is 1. The highest BCUT2D eigenvalue weighted by molar-refractivity contribution is 7.90. The van der Waals surface area contributed by atoms with E-state index in [2.05, 4.69) is 15.6 Å². The van der Waals surface area contributed by atoms with Crippen LogP contribution in [0.2, 0.25) is 0 Å². The molecule has 0 aliphatic rings. The van der Waals surface area contributed by atoms with Gasteiger partial charge in [-0.25, -0.2) is 13.1 Å². The van der Waals surface area contributed by atoms with Crippen molar-refractivity contribution >= 4 is 33.7 Å². The van der Waals surface area contributed by atoms with Crippen LogP contribution in [0.15, 0.2) is 102 Å². The summed E-state index contributed by atoms with van der Waals surface area (Å²) in [5, 5.41) is 5.15. The first kappa shape index (κ1) is 32.4. The Kier molecular flexibility index (Phi) is 11.0. The van der Waals surface area contributed by atoms with Crippen molar-refractivity contribution in [2.75, 3.05) is 20.2 Å². The predicted molar refractivity (Wildman–Crippen MR) is 163 cm³/mol. The Balaban J connectivity index is 1.25. The lowest BCUT2D eigenvalue weighted by Crippen LogP contribution is -2.32. The van der Waals surface area contributed by atoms with Crippen LogP contribution in [-0.4, -0.2) is 57.3 Å². The summed E-state index contributed by atoms with van der Waals surface area (Å²) in [6.07, 6.45) is 1.57. The van der Waals surface area contributed by atoms with Crippen molar-refractivity contribution < 1.29 is 37.1 Å². The molecule has 45 heavy (non-hydrogen) atoms. The minimum Gasteiger partial charge on any atom is -0.496 e. The van der Waals surface area contributed by atoms with Crippen LogP contribution in [-0.2, 0) is 32.6 Å². The number of para-hydroxylation sites is 1. The largest absolute Gasteiger partial charge is 0.496 e. The molecule has 232 valence electrons. The minimum absolute atomic E-state index is 0.0610. The second-order valence-electron chi connectivity index (χ2n) is 9.54. The van der Waals surface area contributed by atoms with Crippen molar-refractivity contribution in [1.82, 2.24) is 20.3 Å². The first-order valence-electron chi connectivity index (χ1n) is 13.7. The lowest BCUT2D eigenvalue weighted by atomic mass is 10.1. The average Bonchev–Trinajstić information content (AvgIpc) is 3.06. The highest BCUT2D eigenvalue weighted by atomic mass is 32.2. The normalized spacial score (nSPS) is 10.8. The molecular weight excluding hydrogens is 600 g/mol. The van der Waals surface area contributed by atoms with Gasteiger partial charge in [0.1, 0.15) is 24.6 Å². The second kappa shape index (κ2) is 15.3. The fraction of sp³-hybridized carbons (Fsp3) is 0.156. The Morgan fingerprint density at radius 2 is 1.44 bits per heavy atom. The minimum atomic E-state index is -4.28. The number of carbonyl (C=O) groups excluding carboxylic acids is 4. The van der Waals surface area contributed by atoms with Crippen molar-refractivity contribution in [3.05, 3.63) is 125 Å². The van der Waals surface area contributed by atoms with E-state index in [0.29, 0.717) is 13.0 Å². The fourth-order valence-electron chi connectivity index (χ4n) is 4.04. The number of benzene rings is 3. The van der Waals surface area contributed by atoms with Crippen LogP contribution >= 0.6 is 0 Å². The quantitative estimate of drug-likeness (QED) is 0.188. The van der Waals surface area contributed by atoms with Gasteiger partial charge in [-0.2, -0.15) is 0 Å². The zero-order chi connectivity index (χ0) is 32.2. The van der Waals surface area contributed by atoms with Gasteiger partial charge in [-0.15, -0.1) is 0 Å². The monoisotopic (exact) mass is 630 g/mol. The van der Waals surface area contributed by atoms with E-state index >= 15 is 0 Å². The summed E-state index contributed by atoms with van der Waals surface area (Å²) in [4.78, 5) is 53.0. The topological polar surface area (TPSA) is 170 Å². The summed E-state index contributed by atoms with van der Waals surface area (Å²) in [6, 6.07) is 24.0. The highest BCUT2D eigenvalue weighted by Gasteiger charge is 2.20. The summed E-state index contributed by atoms with van der Waals surface area (Å²) in [7, 11) is -2.71. The number of amides is 3. The van der Waals surface area contributed by atoms with E-state index in [1.54, 1.807) is 19.2 Å². The molecule has 0 saturated carbocycles. The molecule has 12 nitrogen and oxygen atoms in total. The first-order valence-corrected chi connectivity index (χ1v) is 15.2. The third-order valence-corrected chi connectivity index (χ3v) is 7.77. The van der Waals surface area contributed by atoms with E-state index in [1.165, 1.54) is 36.4 Å². The zero-order valence-corrected chi connectivity index (χ0v) is 25.0.